The van der Waals surface area contributed by atoms with Crippen LogP contribution in [-0.2, 0) is 0 Å². The number of benzene rings is 1. The maximum atomic E-state index is 13.1. The van der Waals surface area contributed by atoms with Crippen LogP contribution in [0.3, 0.4) is 0 Å². The van der Waals surface area contributed by atoms with E-state index in [2.05, 4.69) is 15.3 Å². The number of aromatic nitrogens is 2. The maximum Gasteiger partial charge on any atom is 0.251 e. The summed E-state index contributed by atoms with van der Waals surface area (Å²) in [5.74, 6) is -0.347. The molecule has 114 valence electrons. The SMILES string of the molecule is Cc1cc(F)ccc1C(=O)NC1CC(c2cc(=O)[nH]cn2)C1. The summed E-state index contributed by atoms with van der Waals surface area (Å²) in [6.45, 7) is 1.71. The Morgan fingerprint density at radius 3 is 2.82 bits per heavy atom. The summed E-state index contributed by atoms with van der Waals surface area (Å²) in [5, 5.41) is 2.93. The molecule has 0 spiro atoms. The van der Waals surface area contributed by atoms with Crippen LogP contribution in [-0.4, -0.2) is 21.9 Å². The van der Waals surface area contributed by atoms with Gasteiger partial charge in [0.25, 0.3) is 11.5 Å². The van der Waals surface area contributed by atoms with E-state index in [1.165, 1.54) is 30.6 Å². The van der Waals surface area contributed by atoms with E-state index in [0.29, 0.717) is 11.1 Å². The monoisotopic (exact) mass is 301 g/mol. The normalized spacial score (nSPS) is 20.3. The molecule has 0 unspecified atom stereocenters. The number of carbonyl (C=O) groups is 1. The highest BCUT2D eigenvalue weighted by atomic mass is 19.1. The zero-order valence-corrected chi connectivity index (χ0v) is 12.1. The van der Waals surface area contributed by atoms with Gasteiger partial charge >= 0.3 is 0 Å². The molecule has 1 amide bonds. The van der Waals surface area contributed by atoms with E-state index in [-0.39, 0.29) is 29.2 Å². The number of nitrogens with zero attached hydrogens (tertiary/aromatic N) is 1. The van der Waals surface area contributed by atoms with Crippen LogP contribution < -0.4 is 10.9 Å². The predicted octanol–water partition coefficient (Wildman–Crippen LogP) is 1.89. The van der Waals surface area contributed by atoms with Crippen molar-refractivity contribution >= 4 is 5.91 Å². The Morgan fingerprint density at radius 2 is 2.14 bits per heavy atom. The molecule has 2 aromatic rings. The van der Waals surface area contributed by atoms with Crippen molar-refractivity contribution in [3.8, 4) is 0 Å². The zero-order chi connectivity index (χ0) is 15.7. The van der Waals surface area contributed by atoms with Gasteiger partial charge in [0.1, 0.15) is 5.82 Å². The summed E-state index contributed by atoms with van der Waals surface area (Å²) in [4.78, 5) is 30.1. The molecular weight excluding hydrogens is 285 g/mol. The van der Waals surface area contributed by atoms with Crippen molar-refractivity contribution in [1.29, 1.82) is 0 Å². The molecule has 3 rings (SSSR count). The van der Waals surface area contributed by atoms with Gasteiger partial charge in [0.2, 0.25) is 0 Å². The third kappa shape index (κ3) is 2.90. The molecule has 1 aromatic heterocycles. The first kappa shape index (κ1) is 14.4. The smallest absolute Gasteiger partial charge is 0.251 e. The minimum Gasteiger partial charge on any atom is -0.349 e. The van der Waals surface area contributed by atoms with Crippen molar-refractivity contribution in [3.05, 3.63) is 63.6 Å². The number of nitrogens with one attached hydrogen (secondary N) is 2. The summed E-state index contributed by atoms with van der Waals surface area (Å²) in [6, 6.07) is 5.68. The number of hydrogen-bond donors (Lipinski definition) is 2. The Hall–Kier alpha value is -2.50. The molecule has 0 radical (unpaired) electrons. The molecule has 1 aliphatic rings. The van der Waals surface area contributed by atoms with Gasteiger partial charge < -0.3 is 10.3 Å². The number of carbonyl (C=O) groups excluding carboxylic acids is 1. The predicted molar refractivity (Wildman–Crippen MR) is 79.2 cm³/mol. The molecule has 1 saturated carbocycles. The molecular formula is C16H16FN3O2. The zero-order valence-electron chi connectivity index (χ0n) is 12.1. The molecule has 2 N–H and O–H groups in total. The van der Waals surface area contributed by atoms with Crippen molar-refractivity contribution in [1.82, 2.24) is 15.3 Å². The van der Waals surface area contributed by atoms with Gasteiger partial charge in [-0.2, -0.15) is 0 Å². The molecule has 1 aromatic carbocycles. The Kier molecular flexibility index (Phi) is 3.75. The highest BCUT2D eigenvalue weighted by Crippen LogP contribution is 2.35. The number of amides is 1. The van der Waals surface area contributed by atoms with E-state index in [4.69, 9.17) is 0 Å². The summed E-state index contributed by atoms with van der Waals surface area (Å²) in [7, 11) is 0. The quantitative estimate of drug-likeness (QED) is 0.909. The van der Waals surface area contributed by atoms with E-state index in [1.54, 1.807) is 6.92 Å². The summed E-state index contributed by atoms with van der Waals surface area (Å²) in [5.41, 5.74) is 1.69. The number of halogens is 1. The van der Waals surface area contributed by atoms with Gasteiger partial charge in [0, 0.05) is 23.6 Å². The van der Waals surface area contributed by atoms with E-state index in [9.17, 15) is 14.0 Å². The van der Waals surface area contributed by atoms with Gasteiger partial charge in [-0.3, -0.25) is 9.59 Å². The molecule has 1 aliphatic carbocycles. The molecule has 6 heteroatoms. The Morgan fingerprint density at radius 1 is 1.36 bits per heavy atom. The van der Waals surface area contributed by atoms with Crippen LogP contribution >= 0.6 is 0 Å². The molecule has 1 fully saturated rings. The van der Waals surface area contributed by atoms with E-state index < -0.39 is 0 Å². The molecule has 0 atom stereocenters. The summed E-state index contributed by atoms with van der Waals surface area (Å²) in [6.07, 6.45) is 2.90. The average Bonchev–Trinajstić information content (AvgIpc) is 2.42. The standard InChI is InChI=1S/C16H16FN3O2/c1-9-4-11(17)2-3-13(9)16(22)20-12-5-10(6-12)14-7-15(21)19-8-18-14/h2-4,7-8,10,12H,5-6H2,1H3,(H,20,22)(H,18,19,21). The Bertz CT molecular complexity index is 766. The van der Waals surface area contributed by atoms with Crippen LogP contribution in [0.15, 0.2) is 35.4 Å². The lowest BCUT2D eigenvalue weighted by atomic mass is 9.78. The summed E-state index contributed by atoms with van der Waals surface area (Å²) >= 11 is 0. The highest BCUT2D eigenvalue weighted by molar-refractivity contribution is 5.95. The number of H-pyrrole nitrogens is 1. The van der Waals surface area contributed by atoms with Crippen LogP contribution in [0.25, 0.3) is 0 Å². The van der Waals surface area contributed by atoms with Gasteiger partial charge in [-0.15, -0.1) is 0 Å². The lowest BCUT2D eigenvalue weighted by Crippen LogP contribution is -2.43. The first-order valence-electron chi connectivity index (χ1n) is 7.14. The number of aryl methyl sites for hydroxylation is 1. The second kappa shape index (κ2) is 5.71. The minimum atomic E-state index is -0.349. The Balaban J connectivity index is 1.60. The van der Waals surface area contributed by atoms with Gasteiger partial charge in [-0.25, -0.2) is 9.37 Å². The van der Waals surface area contributed by atoms with Gasteiger partial charge in [0.15, 0.2) is 0 Å². The third-order valence-corrected chi connectivity index (χ3v) is 4.02. The lowest BCUT2D eigenvalue weighted by Gasteiger charge is -2.35. The van der Waals surface area contributed by atoms with Crippen molar-refractivity contribution in [2.75, 3.05) is 0 Å². The highest BCUT2D eigenvalue weighted by Gasteiger charge is 2.32. The third-order valence-electron chi connectivity index (χ3n) is 4.02. The molecule has 1 heterocycles. The lowest BCUT2D eigenvalue weighted by molar-refractivity contribution is 0.0907. The Labute approximate surface area is 126 Å². The van der Waals surface area contributed by atoms with E-state index >= 15 is 0 Å². The van der Waals surface area contributed by atoms with Crippen molar-refractivity contribution in [2.45, 2.75) is 31.7 Å². The van der Waals surface area contributed by atoms with Crippen LogP contribution in [0, 0.1) is 12.7 Å². The van der Waals surface area contributed by atoms with Crippen molar-refractivity contribution < 1.29 is 9.18 Å². The average molecular weight is 301 g/mol. The molecule has 0 saturated heterocycles. The largest absolute Gasteiger partial charge is 0.349 e. The van der Waals surface area contributed by atoms with E-state index in [0.717, 1.165) is 18.5 Å². The van der Waals surface area contributed by atoms with Crippen molar-refractivity contribution in [3.63, 3.8) is 0 Å². The topological polar surface area (TPSA) is 74.8 Å². The van der Waals surface area contributed by atoms with Gasteiger partial charge in [-0.05, 0) is 43.5 Å². The van der Waals surface area contributed by atoms with Crippen molar-refractivity contribution in [2.24, 2.45) is 0 Å². The first-order chi connectivity index (χ1) is 10.5. The van der Waals surface area contributed by atoms with Gasteiger partial charge in [0.05, 0.1) is 12.0 Å². The van der Waals surface area contributed by atoms with Crippen LogP contribution in [0.4, 0.5) is 4.39 Å². The summed E-state index contributed by atoms with van der Waals surface area (Å²) < 4.78 is 13.1. The fourth-order valence-electron chi connectivity index (χ4n) is 2.73. The van der Waals surface area contributed by atoms with E-state index in [1.807, 2.05) is 0 Å². The fraction of sp³-hybridized carbons (Fsp3) is 0.312. The number of aromatic amines is 1. The molecule has 0 bridgehead atoms. The molecule has 0 aliphatic heterocycles. The number of hydrogen-bond acceptors (Lipinski definition) is 3. The van der Waals surface area contributed by atoms with Gasteiger partial charge in [-0.1, -0.05) is 0 Å². The minimum absolute atomic E-state index is 0.0584. The van der Waals surface area contributed by atoms with Crippen LogP contribution in [0.2, 0.25) is 0 Å². The molecule has 22 heavy (non-hydrogen) atoms. The van der Waals surface area contributed by atoms with Crippen LogP contribution in [0.5, 0.6) is 0 Å². The second-order valence-corrected chi connectivity index (χ2v) is 5.63. The maximum absolute atomic E-state index is 13.1. The first-order valence-corrected chi connectivity index (χ1v) is 7.14. The fourth-order valence-corrected chi connectivity index (χ4v) is 2.73. The second-order valence-electron chi connectivity index (χ2n) is 5.63. The van der Waals surface area contributed by atoms with Crippen LogP contribution in [0.1, 0.15) is 40.4 Å². The molecule has 5 nitrogen and oxygen atoms in total. The number of rotatable bonds is 3.